The quantitative estimate of drug-likeness (QED) is 0.601. The number of hydrogen-bond acceptors (Lipinski definition) is 3. The van der Waals surface area contributed by atoms with Crippen molar-refractivity contribution in [3.8, 4) is 0 Å². The summed E-state index contributed by atoms with van der Waals surface area (Å²) in [6.45, 7) is 0.384. The zero-order chi connectivity index (χ0) is 10.1. The van der Waals surface area contributed by atoms with E-state index in [1.54, 1.807) is 0 Å². The lowest BCUT2D eigenvalue weighted by atomic mass is 10.1. The lowest BCUT2D eigenvalue weighted by molar-refractivity contribution is 0.136. The minimum atomic E-state index is -3.60. The number of carbonyl (C=O) groups is 1. The van der Waals surface area contributed by atoms with Gasteiger partial charge in [-0.25, -0.2) is 18.4 Å². The van der Waals surface area contributed by atoms with Crippen molar-refractivity contribution in [1.82, 2.24) is 4.90 Å². The molecule has 0 spiro atoms. The van der Waals surface area contributed by atoms with Crippen LogP contribution < -0.4 is 5.14 Å². The minimum Gasteiger partial charge on any atom is -0.465 e. The van der Waals surface area contributed by atoms with Gasteiger partial charge in [-0.2, -0.15) is 0 Å². The van der Waals surface area contributed by atoms with Gasteiger partial charge < -0.3 is 10.0 Å². The first-order valence-electron chi connectivity index (χ1n) is 3.91. The van der Waals surface area contributed by atoms with Crippen molar-refractivity contribution in [3.63, 3.8) is 0 Å². The zero-order valence-corrected chi connectivity index (χ0v) is 7.83. The van der Waals surface area contributed by atoms with Crippen molar-refractivity contribution in [1.29, 1.82) is 0 Å². The molecule has 7 heteroatoms. The summed E-state index contributed by atoms with van der Waals surface area (Å²) < 4.78 is 21.8. The zero-order valence-electron chi connectivity index (χ0n) is 7.01. The van der Waals surface area contributed by atoms with E-state index >= 15 is 0 Å². The first kappa shape index (κ1) is 10.3. The van der Waals surface area contributed by atoms with Gasteiger partial charge in [-0.1, -0.05) is 0 Å². The second-order valence-electron chi connectivity index (χ2n) is 3.08. The van der Waals surface area contributed by atoms with Crippen LogP contribution in [0.15, 0.2) is 0 Å². The normalized spacial score (nSPS) is 24.4. The number of hydrogen-bond donors (Lipinski definition) is 2. The van der Waals surface area contributed by atoms with Crippen molar-refractivity contribution in [2.45, 2.75) is 18.1 Å². The second kappa shape index (κ2) is 3.51. The minimum absolute atomic E-state index is 0.00579. The van der Waals surface area contributed by atoms with Gasteiger partial charge in [-0.3, -0.25) is 0 Å². The molecule has 1 rings (SSSR count). The number of amides is 1. The number of nitrogens with zero attached hydrogens (tertiary/aromatic N) is 1. The van der Waals surface area contributed by atoms with E-state index in [-0.39, 0.29) is 6.54 Å². The van der Waals surface area contributed by atoms with Crippen LogP contribution in [0.5, 0.6) is 0 Å². The molecule has 1 fully saturated rings. The molecule has 1 saturated heterocycles. The highest BCUT2D eigenvalue weighted by molar-refractivity contribution is 7.89. The number of likely N-dealkylation sites (tertiary alicyclic amines) is 1. The summed E-state index contributed by atoms with van der Waals surface area (Å²) in [7, 11) is -3.60. The van der Waals surface area contributed by atoms with Crippen molar-refractivity contribution in [2.75, 3.05) is 13.1 Å². The molecule has 6 nitrogen and oxygen atoms in total. The smallest absolute Gasteiger partial charge is 0.407 e. The lowest BCUT2D eigenvalue weighted by Gasteiger charge is -2.29. The maximum atomic E-state index is 10.9. The molecular formula is C6H12N2O4S. The van der Waals surface area contributed by atoms with E-state index in [4.69, 9.17) is 10.2 Å². The van der Waals surface area contributed by atoms with Crippen LogP contribution in [0.4, 0.5) is 4.79 Å². The highest BCUT2D eigenvalue weighted by atomic mass is 32.2. The van der Waals surface area contributed by atoms with E-state index in [0.717, 1.165) is 4.90 Å². The summed E-state index contributed by atoms with van der Waals surface area (Å²) in [5, 5.41) is 12.8. The fourth-order valence-electron chi connectivity index (χ4n) is 1.38. The van der Waals surface area contributed by atoms with E-state index in [2.05, 4.69) is 0 Å². The molecular weight excluding hydrogens is 196 g/mol. The average Bonchev–Trinajstić information content (AvgIpc) is 2.03. The third-order valence-corrected chi connectivity index (χ3v) is 3.43. The summed E-state index contributed by atoms with van der Waals surface area (Å²) in [5.74, 6) is 0. The Bertz CT molecular complexity index is 300. The first-order valence-corrected chi connectivity index (χ1v) is 5.51. The number of piperidine rings is 1. The van der Waals surface area contributed by atoms with Gasteiger partial charge in [0.2, 0.25) is 10.0 Å². The Balaban J connectivity index is 2.67. The van der Waals surface area contributed by atoms with Crippen molar-refractivity contribution in [2.24, 2.45) is 5.14 Å². The van der Waals surface area contributed by atoms with Crippen LogP contribution in [0.1, 0.15) is 12.8 Å². The van der Waals surface area contributed by atoms with Gasteiger partial charge in [0.05, 0.1) is 5.25 Å². The van der Waals surface area contributed by atoms with E-state index < -0.39 is 21.4 Å². The standard InChI is InChI=1S/C6H12N2O4S/c7-13(11,12)5-2-1-3-8(4-5)6(9)10/h5H,1-4H2,(H,9,10)(H2,7,11,12)/t5-/m0/s1. The molecule has 0 saturated carbocycles. The number of carboxylic acid groups (broad SMARTS) is 1. The van der Waals surface area contributed by atoms with Gasteiger partial charge in [-0.05, 0) is 12.8 Å². The van der Waals surface area contributed by atoms with Crippen LogP contribution in [0.3, 0.4) is 0 Å². The predicted octanol–water partition coefficient (Wildman–Crippen LogP) is -0.583. The van der Waals surface area contributed by atoms with Gasteiger partial charge in [0, 0.05) is 13.1 Å². The van der Waals surface area contributed by atoms with Crippen molar-refractivity contribution in [3.05, 3.63) is 0 Å². The molecule has 1 heterocycles. The monoisotopic (exact) mass is 208 g/mol. The Labute approximate surface area is 76.4 Å². The number of sulfonamides is 1. The van der Waals surface area contributed by atoms with Crippen LogP contribution in [-0.2, 0) is 10.0 Å². The SMILES string of the molecule is NS(=O)(=O)[C@H]1CCCN(C(=O)O)C1. The summed E-state index contributed by atoms with van der Waals surface area (Å²) in [6.07, 6.45) is -0.0934. The molecule has 0 aliphatic carbocycles. The van der Waals surface area contributed by atoms with E-state index in [9.17, 15) is 13.2 Å². The summed E-state index contributed by atoms with van der Waals surface area (Å²) >= 11 is 0. The third kappa shape index (κ3) is 2.56. The van der Waals surface area contributed by atoms with Crippen LogP contribution in [-0.4, -0.2) is 42.9 Å². The highest BCUT2D eigenvalue weighted by Gasteiger charge is 2.30. The van der Waals surface area contributed by atoms with Gasteiger partial charge in [0.15, 0.2) is 0 Å². The second-order valence-corrected chi connectivity index (χ2v) is 4.93. The Kier molecular flexibility index (Phi) is 2.77. The fraction of sp³-hybridized carbons (Fsp3) is 0.833. The predicted molar refractivity (Wildman–Crippen MR) is 45.7 cm³/mol. The fourth-order valence-corrected chi connectivity index (χ4v) is 2.26. The maximum Gasteiger partial charge on any atom is 0.407 e. The largest absolute Gasteiger partial charge is 0.465 e. The van der Waals surface area contributed by atoms with Gasteiger partial charge in [0.1, 0.15) is 0 Å². The Morgan fingerprint density at radius 3 is 2.62 bits per heavy atom. The molecule has 0 aromatic rings. The van der Waals surface area contributed by atoms with Gasteiger partial charge >= 0.3 is 6.09 Å². The molecule has 1 atom stereocenters. The molecule has 1 aliphatic rings. The van der Waals surface area contributed by atoms with Crippen LogP contribution in [0, 0.1) is 0 Å². The number of nitrogens with two attached hydrogens (primary N) is 1. The highest BCUT2D eigenvalue weighted by Crippen LogP contribution is 2.14. The summed E-state index contributed by atoms with van der Waals surface area (Å²) in [4.78, 5) is 11.6. The molecule has 76 valence electrons. The van der Waals surface area contributed by atoms with Crippen molar-refractivity contribution < 1.29 is 18.3 Å². The van der Waals surface area contributed by atoms with E-state index in [0.29, 0.717) is 19.4 Å². The molecule has 0 aromatic heterocycles. The molecule has 13 heavy (non-hydrogen) atoms. The maximum absolute atomic E-state index is 10.9. The Hall–Kier alpha value is -0.820. The topological polar surface area (TPSA) is 101 Å². The van der Waals surface area contributed by atoms with Gasteiger partial charge in [-0.15, -0.1) is 0 Å². The summed E-state index contributed by atoms with van der Waals surface area (Å²) in [6, 6.07) is 0. The number of rotatable bonds is 1. The molecule has 3 N–H and O–H groups in total. The average molecular weight is 208 g/mol. The lowest BCUT2D eigenvalue weighted by Crippen LogP contribution is -2.46. The molecule has 0 aromatic carbocycles. The van der Waals surface area contributed by atoms with E-state index in [1.807, 2.05) is 0 Å². The van der Waals surface area contributed by atoms with E-state index in [1.165, 1.54) is 0 Å². The third-order valence-electron chi connectivity index (χ3n) is 2.11. The Morgan fingerprint density at radius 1 is 1.54 bits per heavy atom. The molecule has 1 amide bonds. The molecule has 1 aliphatic heterocycles. The van der Waals surface area contributed by atoms with Gasteiger partial charge in [0.25, 0.3) is 0 Å². The van der Waals surface area contributed by atoms with Crippen LogP contribution in [0.2, 0.25) is 0 Å². The first-order chi connectivity index (χ1) is 5.91. The van der Waals surface area contributed by atoms with Crippen molar-refractivity contribution >= 4 is 16.1 Å². The van der Waals surface area contributed by atoms with Crippen LogP contribution in [0.25, 0.3) is 0 Å². The molecule has 0 unspecified atom stereocenters. The summed E-state index contributed by atoms with van der Waals surface area (Å²) in [5.41, 5.74) is 0. The number of primary sulfonamides is 1. The van der Waals surface area contributed by atoms with Crippen LogP contribution >= 0.6 is 0 Å². The molecule has 0 radical (unpaired) electrons. The Morgan fingerprint density at radius 2 is 2.15 bits per heavy atom. The molecule has 0 bridgehead atoms.